The van der Waals surface area contributed by atoms with Crippen LogP contribution in [0.25, 0.3) is 0 Å². The minimum Gasteiger partial charge on any atom is -0.355 e. The van der Waals surface area contributed by atoms with Gasteiger partial charge in [0.15, 0.2) is 0 Å². The molecule has 6 heteroatoms. The molecular weight excluding hydrogens is 308 g/mol. The third-order valence-corrected chi connectivity index (χ3v) is 4.34. The van der Waals surface area contributed by atoms with Crippen LogP contribution in [-0.2, 0) is 19.2 Å². The Bertz CT molecular complexity index is 527. The van der Waals surface area contributed by atoms with E-state index in [1.165, 1.54) is 13.8 Å². The topological polar surface area (TPSA) is 92.3 Å². The lowest BCUT2D eigenvalue weighted by atomic mass is 9.62. The van der Waals surface area contributed by atoms with E-state index in [1.807, 2.05) is 0 Å². The first kappa shape index (κ1) is 20.3. The molecule has 136 valence electrons. The van der Waals surface area contributed by atoms with Crippen molar-refractivity contribution < 1.29 is 19.2 Å². The number of amides is 2. The second-order valence-electron chi connectivity index (χ2n) is 8.36. The average molecular weight is 338 g/mol. The highest BCUT2D eigenvalue weighted by molar-refractivity contribution is 5.97. The summed E-state index contributed by atoms with van der Waals surface area (Å²) in [6.07, 6.45) is 2.30. The fourth-order valence-corrected chi connectivity index (χ4v) is 3.98. The van der Waals surface area contributed by atoms with Crippen LogP contribution < -0.4 is 10.6 Å². The molecule has 2 unspecified atom stereocenters. The number of carbonyl (C=O) groups excluding carboxylic acids is 4. The fraction of sp³-hybridized carbons (Fsp3) is 0.778. The van der Waals surface area contributed by atoms with Crippen LogP contribution >= 0.6 is 0 Å². The van der Waals surface area contributed by atoms with Crippen molar-refractivity contribution in [2.75, 3.05) is 6.54 Å². The second kappa shape index (κ2) is 7.90. The quantitative estimate of drug-likeness (QED) is 0.692. The van der Waals surface area contributed by atoms with E-state index in [-0.39, 0.29) is 53.1 Å². The molecule has 6 nitrogen and oxygen atoms in total. The van der Waals surface area contributed by atoms with Crippen molar-refractivity contribution in [1.82, 2.24) is 10.6 Å². The predicted octanol–water partition coefficient (Wildman–Crippen LogP) is 1.76. The van der Waals surface area contributed by atoms with Gasteiger partial charge in [-0.25, -0.2) is 0 Å². The molecule has 1 saturated carbocycles. The molecule has 2 amide bonds. The molecule has 0 aromatic heterocycles. The molecule has 0 aromatic carbocycles. The molecular formula is C18H30N2O4. The highest BCUT2D eigenvalue weighted by Crippen LogP contribution is 2.45. The lowest BCUT2D eigenvalue weighted by Crippen LogP contribution is -2.50. The first-order chi connectivity index (χ1) is 10.9. The predicted molar refractivity (Wildman–Crippen MR) is 91.3 cm³/mol. The fourth-order valence-electron chi connectivity index (χ4n) is 3.98. The zero-order chi connectivity index (χ0) is 18.5. The number of nitrogens with one attached hydrogen (secondary N) is 2. The van der Waals surface area contributed by atoms with Gasteiger partial charge in [0.05, 0.1) is 12.8 Å². The van der Waals surface area contributed by atoms with E-state index in [4.69, 9.17) is 0 Å². The summed E-state index contributed by atoms with van der Waals surface area (Å²) < 4.78 is 0. The van der Waals surface area contributed by atoms with Crippen LogP contribution in [-0.4, -0.2) is 36.0 Å². The largest absolute Gasteiger partial charge is 0.355 e. The molecule has 1 fully saturated rings. The summed E-state index contributed by atoms with van der Waals surface area (Å²) in [6, 6.07) is -0.0182. The molecule has 0 radical (unpaired) electrons. The highest BCUT2D eigenvalue weighted by Gasteiger charge is 2.41. The summed E-state index contributed by atoms with van der Waals surface area (Å²) in [5.74, 6) is -0.810. The zero-order valence-corrected chi connectivity index (χ0v) is 15.5. The smallest absolute Gasteiger partial charge is 0.227 e. The van der Waals surface area contributed by atoms with Gasteiger partial charge in [-0.05, 0) is 43.9 Å². The Kier molecular flexibility index (Phi) is 6.69. The summed E-state index contributed by atoms with van der Waals surface area (Å²) >= 11 is 0. The van der Waals surface area contributed by atoms with Gasteiger partial charge in [-0.15, -0.1) is 0 Å². The molecule has 0 saturated heterocycles. The first-order valence-corrected chi connectivity index (χ1v) is 8.46. The van der Waals surface area contributed by atoms with Gasteiger partial charge < -0.3 is 10.6 Å². The average Bonchev–Trinajstić information content (AvgIpc) is 2.31. The summed E-state index contributed by atoms with van der Waals surface area (Å²) in [6.45, 7) is 9.65. The molecule has 1 aliphatic carbocycles. The van der Waals surface area contributed by atoms with E-state index in [0.29, 0.717) is 6.54 Å². The molecule has 2 N–H and O–H groups in total. The molecule has 2 atom stereocenters. The van der Waals surface area contributed by atoms with E-state index in [9.17, 15) is 19.2 Å². The van der Waals surface area contributed by atoms with Crippen molar-refractivity contribution >= 4 is 23.4 Å². The van der Waals surface area contributed by atoms with Gasteiger partial charge in [-0.3, -0.25) is 19.2 Å². The summed E-state index contributed by atoms with van der Waals surface area (Å²) in [4.78, 5) is 45.7. The molecule has 24 heavy (non-hydrogen) atoms. The Morgan fingerprint density at radius 3 is 2.00 bits per heavy atom. The monoisotopic (exact) mass is 338 g/mol. The maximum Gasteiger partial charge on any atom is 0.227 e. The Morgan fingerprint density at radius 2 is 1.46 bits per heavy atom. The molecule has 1 aliphatic rings. The van der Waals surface area contributed by atoms with Gasteiger partial charge in [0.1, 0.15) is 11.6 Å². The van der Waals surface area contributed by atoms with E-state index < -0.39 is 0 Å². The van der Waals surface area contributed by atoms with Crippen molar-refractivity contribution in [3.63, 3.8) is 0 Å². The summed E-state index contributed by atoms with van der Waals surface area (Å²) in [5, 5.41) is 5.80. The Hall–Kier alpha value is -1.72. The van der Waals surface area contributed by atoms with Gasteiger partial charge in [-0.1, -0.05) is 20.8 Å². The summed E-state index contributed by atoms with van der Waals surface area (Å²) in [5.41, 5.74) is -0.144. The zero-order valence-electron chi connectivity index (χ0n) is 15.5. The van der Waals surface area contributed by atoms with Crippen molar-refractivity contribution in [2.45, 2.75) is 72.8 Å². The second-order valence-corrected chi connectivity index (χ2v) is 8.36. The summed E-state index contributed by atoms with van der Waals surface area (Å²) in [7, 11) is 0. The van der Waals surface area contributed by atoms with Gasteiger partial charge >= 0.3 is 0 Å². The Labute approximate surface area is 144 Å². The van der Waals surface area contributed by atoms with Crippen LogP contribution in [0.4, 0.5) is 0 Å². The van der Waals surface area contributed by atoms with Gasteiger partial charge in [-0.2, -0.15) is 0 Å². The SMILES string of the molecule is CC(=O)CC(=O)NCC1(C)CC(NC(=O)CC(C)=O)CC(C)(C)C1. The number of ketones is 2. The number of hydrogen-bond acceptors (Lipinski definition) is 4. The molecule has 1 rings (SSSR count). The third-order valence-electron chi connectivity index (χ3n) is 4.34. The molecule has 0 spiro atoms. The van der Waals surface area contributed by atoms with E-state index in [2.05, 4.69) is 31.4 Å². The van der Waals surface area contributed by atoms with Crippen LogP contribution in [0, 0.1) is 10.8 Å². The van der Waals surface area contributed by atoms with Crippen molar-refractivity contribution in [2.24, 2.45) is 10.8 Å². The van der Waals surface area contributed by atoms with Crippen LogP contribution in [0.2, 0.25) is 0 Å². The lowest BCUT2D eigenvalue weighted by Gasteiger charge is -2.47. The molecule has 0 bridgehead atoms. The molecule has 0 aromatic rings. The lowest BCUT2D eigenvalue weighted by molar-refractivity contribution is -0.130. The highest BCUT2D eigenvalue weighted by atomic mass is 16.2. The van der Waals surface area contributed by atoms with Crippen molar-refractivity contribution in [3.8, 4) is 0 Å². The Morgan fingerprint density at radius 1 is 0.917 bits per heavy atom. The molecule has 0 heterocycles. The minimum absolute atomic E-state index is 0.0182. The standard InChI is InChI=1S/C18H30N2O4/c1-12(21)6-15(23)19-11-18(5)9-14(8-17(3,4)10-18)20-16(24)7-13(2)22/h14H,6-11H2,1-5H3,(H,19,23)(H,20,24). The van der Waals surface area contributed by atoms with Crippen LogP contribution in [0.5, 0.6) is 0 Å². The third kappa shape index (κ3) is 7.23. The number of rotatable bonds is 7. The Balaban J connectivity index is 2.69. The minimum atomic E-state index is -0.260. The number of carbonyl (C=O) groups is 4. The molecule has 0 aliphatic heterocycles. The van der Waals surface area contributed by atoms with Crippen molar-refractivity contribution in [1.29, 1.82) is 0 Å². The van der Waals surface area contributed by atoms with Crippen LogP contribution in [0.3, 0.4) is 0 Å². The van der Waals surface area contributed by atoms with Crippen LogP contribution in [0.1, 0.15) is 66.7 Å². The first-order valence-electron chi connectivity index (χ1n) is 8.46. The number of Topliss-reactive ketones (excluding diaryl/α,β-unsaturated/α-hetero) is 2. The maximum atomic E-state index is 11.9. The number of hydrogen-bond donors (Lipinski definition) is 2. The van der Waals surface area contributed by atoms with E-state index in [1.54, 1.807) is 0 Å². The van der Waals surface area contributed by atoms with E-state index in [0.717, 1.165) is 19.3 Å². The van der Waals surface area contributed by atoms with Gasteiger partial charge in [0, 0.05) is 12.6 Å². The van der Waals surface area contributed by atoms with Crippen molar-refractivity contribution in [3.05, 3.63) is 0 Å². The van der Waals surface area contributed by atoms with Gasteiger partial charge in [0.25, 0.3) is 0 Å². The van der Waals surface area contributed by atoms with Crippen LogP contribution in [0.15, 0.2) is 0 Å². The van der Waals surface area contributed by atoms with Gasteiger partial charge in [0.2, 0.25) is 11.8 Å². The normalized spacial score (nSPS) is 25.6. The van der Waals surface area contributed by atoms with E-state index >= 15 is 0 Å². The maximum absolute atomic E-state index is 11.9.